The molecule has 0 saturated carbocycles. The highest BCUT2D eigenvalue weighted by atomic mass is 16.5. The van der Waals surface area contributed by atoms with E-state index in [1.807, 2.05) is 32.0 Å². The summed E-state index contributed by atoms with van der Waals surface area (Å²) < 4.78 is 4.68. The minimum Gasteiger partial charge on any atom is -0.465 e. The van der Waals surface area contributed by atoms with Gasteiger partial charge in [0.05, 0.1) is 18.2 Å². The zero-order valence-corrected chi connectivity index (χ0v) is 15.9. The van der Waals surface area contributed by atoms with Gasteiger partial charge in [-0.3, -0.25) is 4.79 Å². The van der Waals surface area contributed by atoms with Gasteiger partial charge >= 0.3 is 5.97 Å². The molecule has 2 N–H and O–H groups in total. The van der Waals surface area contributed by atoms with Gasteiger partial charge < -0.3 is 15.4 Å². The highest BCUT2D eigenvalue weighted by Gasteiger charge is 2.10. The molecule has 142 valence electrons. The number of benzene rings is 2. The molecule has 0 unspecified atom stereocenters. The standard InChI is InChI=1S/C22H21N3O3/c1-14-5-4-6-15(2)20(14)25-21(26)17-9-12-19(23-13-17)24-18-10-7-16(8-11-18)22(27)28-3/h4-13H,1-3H3,(H,23,24)(H,25,26). The summed E-state index contributed by atoms with van der Waals surface area (Å²) in [6, 6.07) is 16.2. The number of hydrogen-bond donors (Lipinski definition) is 2. The summed E-state index contributed by atoms with van der Waals surface area (Å²) in [4.78, 5) is 28.3. The summed E-state index contributed by atoms with van der Waals surface area (Å²) in [7, 11) is 1.34. The van der Waals surface area contributed by atoms with Crippen LogP contribution in [-0.4, -0.2) is 24.0 Å². The van der Waals surface area contributed by atoms with E-state index in [2.05, 4.69) is 20.4 Å². The molecule has 28 heavy (non-hydrogen) atoms. The molecule has 6 heteroatoms. The fourth-order valence-corrected chi connectivity index (χ4v) is 2.75. The molecule has 0 spiro atoms. The SMILES string of the molecule is COC(=O)c1ccc(Nc2ccc(C(=O)Nc3c(C)cccc3C)cn2)cc1. The van der Waals surface area contributed by atoms with Gasteiger partial charge in [-0.1, -0.05) is 18.2 Å². The Morgan fingerprint density at radius 3 is 2.11 bits per heavy atom. The van der Waals surface area contributed by atoms with Crippen molar-refractivity contribution < 1.29 is 14.3 Å². The first-order chi connectivity index (χ1) is 13.5. The first-order valence-corrected chi connectivity index (χ1v) is 8.77. The summed E-state index contributed by atoms with van der Waals surface area (Å²) in [5.41, 5.74) is 4.55. The lowest BCUT2D eigenvalue weighted by Crippen LogP contribution is -2.14. The number of nitrogens with one attached hydrogen (secondary N) is 2. The largest absolute Gasteiger partial charge is 0.465 e. The third-order valence-corrected chi connectivity index (χ3v) is 4.32. The Balaban J connectivity index is 1.68. The highest BCUT2D eigenvalue weighted by Crippen LogP contribution is 2.21. The third kappa shape index (κ3) is 4.35. The first kappa shape index (κ1) is 19.1. The van der Waals surface area contributed by atoms with Crippen LogP contribution in [-0.2, 0) is 4.74 Å². The molecule has 0 radical (unpaired) electrons. The minimum absolute atomic E-state index is 0.209. The van der Waals surface area contributed by atoms with Crippen molar-refractivity contribution in [1.82, 2.24) is 4.98 Å². The Morgan fingerprint density at radius 1 is 0.893 bits per heavy atom. The molecule has 0 aliphatic heterocycles. The van der Waals surface area contributed by atoms with Gasteiger partial charge in [0, 0.05) is 17.6 Å². The smallest absolute Gasteiger partial charge is 0.337 e. The predicted molar refractivity (Wildman–Crippen MR) is 109 cm³/mol. The Hall–Kier alpha value is -3.67. The van der Waals surface area contributed by atoms with Crippen molar-refractivity contribution in [2.75, 3.05) is 17.7 Å². The lowest BCUT2D eigenvalue weighted by Gasteiger charge is -2.12. The lowest BCUT2D eigenvalue weighted by molar-refractivity contribution is 0.0600. The van der Waals surface area contributed by atoms with Crippen LogP contribution >= 0.6 is 0 Å². The molecule has 3 aromatic rings. The van der Waals surface area contributed by atoms with E-state index in [1.165, 1.54) is 13.3 Å². The van der Waals surface area contributed by atoms with Crippen molar-refractivity contribution >= 4 is 29.1 Å². The van der Waals surface area contributed by atoms with Crippen LogP contribution in [0.15, 0.2) is 60.8 Å². The molecule has 1 amide bonds. The zero-order valence-electron chi connectivity index (χ0n) is 15.9. The molecule has 0 atom stereocenters. The van der Waals surface area contributed by atoms with E-state index in [9.17, 15) is 9.59 Å². The molecule has 0 fully saturated rings. The molecule has 6 nitrogen and oxygen atoms in total. The van der Waals surface area contributed by atoms with Crippen LogP contribution in [0.5, 0.6) is 0 Å². The van der Waals surface area contributed by atoms with Crippen molar-refractivity contribution in [1.29, 1.82) is 0 Å². The number of pyridine rings is 1. The van der Waals surface area contributed by atoms with Crippen molar-refractivity contribution in [3.63, 3.8) is 0 Å². The monoisotopic (exact) mass is 375 g/mol. The fourth-order valence-electron chi connectivity index (χ4n) is 2.75. The van der Waals surface area contributed by atoms with Gasteiger partial charge in [-0.05, 0) is 61.4 Å². The van der Waals surface area contributed by atoms with Crippen molar-refractivity contribution in [3.8, 4) is 0 Å². The van der Waals surface area contributed by atoms with E-state index < -0.39 is 0 Å². The van der Waals surface area contributed by atoms with Crippen LogP contribution < -0.4 is 10.6 Å². The molecule has 0 saturated heterocycles. The Kier molecular flexibility index (Phi) is 5.69. The Bertz CT molecular complexity index is 976. The summed E-state index contributed by atoms with van der Waals surface area (Å²) in [5.74, 6) is -0.00255. The van der Waals surface area contributed by atoms with Crippen LogP contribution in [0.25, 0.3) is 0 Å². The maximum Gasteiger partial charge on any atom is 0.337 e. The van der Waals surface area contributed by atoms with Crippen LogP contribution in [0.3, 0.4) is 0 Å². The van der Waals surface area contributed by atoms with Gasteiger partial charge in [-0.25, -0.2) is 9.78 Å². The normalized spacial score (nSPS) is 10.2. The van der Waals surface area contributed by atoms with Crippen LogP contribution in [0.1, 0.15) is 31.8 Å². The maximum absolute atomic E-state index is 12.5. The number of methoxy groups -OCH3 is 1. The predicted octanol–water partition coefficient (Wildman–Crippen LogP) is 4.48. The van der Waals surface area contributed by atoms with E-state index in [4.69, 9.17) is 0 Å². The number of ether oxygens (including phenoxy) is 1. The number of esters is 1. The maximum atomic E-state index is 12.5. The molecule has 2 aromatic carbocycles. The molecule has 0 bridgehead atoms. The minimum atomic E-state index is -0.385. The molecular formula is C22H21N3O3. The van der Waals surface area contributed by atoms with E-state index in [1.54, 1.807) is 36.4 Å². The average molecular weight is 375 g/mol. The second-order valence-electron chi connectivity index (χ2n) is 6.35. The number of nitrogens with zero attached hydrogens (tertiary/aromatic N) is 1. The number of carbonyl (C=O) groups is 2. The quantitative estimate of drug-likeness (QED) is 0.643. The first-order valence-electron chi connectivity index (χ1n) is 8.77. The summed E-state index contributed by atoms with van der Waals surface area (Å²) >= 11 is 0. The van der Waals surface area contributed by atoms with Gasteiger partial charge in [0.2, 0.25) is 0 Å². The van der Waals surface area contributed by atoms with Gasteiger partial charge in [-0.15, -0.1) is 0 Å². The van der Waals surface area contributed by atoms with E-state index in [0.717, 1.165) is 22.5 Å². The fraction of sp³-hybridized carbons (Fsp3) is 0.136. The molecule has 1 heterocycles. The lowest BCUT2D eigenvalue weighted by atomic mass is 10.1. The second-order valence-corrected chi connectivity index (χ2v) is 6.35. The molecular weight excluding hydrogens is 354 g/mol. The van der Waals surface area contributed by atoms with Gasteiger partial charge in [0.25, 0.3) is 5.91 Å². The van der Waals surface area contributed by atoms with Crippen molar-refractivity contribution in [3.05, 3.63) is 83.0 Å². The number of rotatable bonds is 5. The highest BCUT2D eigenvalue weighted by molar-refractivity contribution is 6.05. The number of aromatic nitrogens is 1. The molecule has 1 aromatic heterocycles. The van der Waals surface area contributed by atoms with Crippen molar-refractivity contribution in [2.45, 2.75) is 13.8 Å². The second kappa shape index (κ2) is 8.35. The summed E-state index contributed by atoms with van der Waals surface area (Å²) in [5, 5.41) is 6.07. The van der Waals surface area contributed by atoms with E-state index >= 15 is 0 Å². The number of hydrogen-bond acceptors (Lipinski definition) is 5. The summed E-state index contributed by atoms with van der Waals surface area (Å²) in [6.07, 6.45) is 1.52. The molecule has 0 aliphatic carbocycles. The number of carbonyl (C=O) groups excluding carboxylic acids is 2. The number of anilines is 3. The van der Waals surface area contributed by atoms with E-state index in [0.29, 0.717) is 16.9 Å². The van der Waals surface area contributed by atoms with E-state index in [-0.39, 0.29) is 11.9 Å². The summed E-state index contributed by atoms with van der Waals surface area (Å²) in [6.45, 7) is 3.92. The Labute approximate surface area is 163 Å². The molecule has 3 rings (SSSR count). The zero-order chi connectivity index (χ0) is 20.1. The van der Waals surface area contributed by atoms with Crippen molar-refractivity contribution in [2.24, 2.45) is 0 Å². The third-order valence-electron chi connectivity index (χ3n) is 4.32. The Morgan fingerprint density at radius 2 is 1.54 bits per heavy atom. The number of amides is 1. The van der Waals surface area contributed by atoms with Crippen LogP contribution in [0.2, 0.25) is 0 Å². The number of para-hydroxylation sites is 1. The topological polar surface area (TPSA) is 80.3 Å². The number of aryl methyl sites for hydroxylation is 2. The van der Waals surface area contributed by atoms with Crippen LogP contribution in [0, 0.1) is 13.8 Å². The van der Waals surface area contributed by atoms with Crippen LogP contribution in [0.4, 0.5) is 17.2 Å². The average Bonchev–Trinajstić information content (AvgIpc) is 2.71. The van der Waals surface area contributed by atoms with Gasteiger partial charge in [-0.2, -0.15) is 0 Å². The van der Waals surface area contributed by atoms with Gasteiger partial charge in [0.15, 0.2) is 0 Å². The molecule has 0 aliphatic rings. The van der Waals surface area contributed by atoms with Gasteiger partial charge in [0.1, 0.15) is 5.82 Å².